The molecule has 0 saturated carbocycles. The molecule has 0 spiro atoms. The van der Waals surface area contributed by atoms with Crippen LogP contribution in [0.4, 0.5) is 17.6 Å². The van der Waals surface area contributed by atoms with Crippen LogP contribution in [0.25, 0.3) is 0 Å². The number of alkyl halides is 4. The molecule has 0 radical (unpaired) electrons. The van der Waals surface area contributed by atoms with E-state index in [4.69, 9.17) is 0 Å². The first-order valence-electron chi connectivity index (χ1n) is 6.56. The second-order valence-electron chi connectivity index (χ2n) is 5.75. The molecule has 0 saturated heterocycles. The highest BCUT2D eigenvalue weighted by Crippen LogP contribution is 2.28. The Hall–Kier alpha value is -1.15. The molecule has 2 atom stereocenters. The summed E-state index contributed by atoms with van der Waals surface area (Å²) in [5.74, 6) is -0.363. The van der Waals surface area contributed by atoms with Crippen LogP contribution in [0.2, 0.25) is 0 Å². The van der Waals surface area contributed by atoms with Gasteiger partial charge in [0.05, 0.1) is 15.7 Å². The fraction of sp³-hybridized carbons (Fsp3) is 0.571. The zero-order valence-electron chi connectivity index (χ0n) is 12.7. The van der Waals surface area contributed by atoms with Crippen LogP contribution in [-0.2, 0) is 11.0 Å². The van der Waals surface area contributed by atoms with E-state index in [0.717, 1.165) is 0 Å². The van der Waals surface area contributed by atoms with Crippen LogP contribution in [0.3, 0.4) is 0 Å². The molecule has 8 heteroatoms. The summed E-state index contributed by atoms with van der Waals surface area (Å²) in [6, 6.07) is 4.95. The maximum Gasteiger partial charge on any atom is 0.461 e. The van der Waals surface area contributed by atoms with Crippen LogP contribution in [0.1, 0.15) is 39.3 Å². The second kappa shape index (κ2) is 6.95. The lowest BCUT2D eigenvalue weighted by Crippen LogP contribution is -2.35. The average Bonchev–Trinajstić information content (AvgIpc) is 2.37. The normalized spacial score (nSPS) is 15.7. The molecule has 0 aliphatic rings. The fourth-order valence-electron chi connectivity index (χ4n) is 1.43. The van der Waals surface area contributed by atoms with Gasteiger partial charge in [-0.2, -0.15) is 17.6 Å². The number of hydrogen-bond donors (Lipinski definition) is 1. The summed E-state index contributed by atoms with van der Waals surface area (Å²) >= 11 is 0. The summed E-state index contributed by atoms with van der Waals surface area (Å²) in [5, 5.41) is 0. The molecule has 1 aromatic rings. The lowest BCUT2D eigenvalue weighted by Gasteiger charge is -2.22. The van der Waals surface area contributed by atoms with E-state index in [1.165, 1.54) is 24.3 Å². The largest absolute Gasteiger partial charge is 0.461 e. The minimum Gasteiger partial charge on any atom is -0.428 e. The molecule has 0 aromatic heterocycles. The Morgan fingerprint density at radius 1 is 1.14 bits per heavy atom. The van der Waals surface area contributed by atoms with Gasteiger partial charge in [-0.05, 0) is 45.4 Å². The standard InChI is InChI=1S/C14H19F4NO2S/c1-9(19-22(20)13(2,3)4)10-5-7-11(8-6-10)21-14(17,18)12(15)16/h5-9,12,19H,1-4H3. The van der Waals surface area contributed by atoms with E-state index < -0.39 is 28.3 Å². The average molecular weight is 341 g/mol. The van der Waals surface area contributed by atoms with Crippen molar-refractivity contribution in [1.29, 1.82) is 0 Å². The minimum atomic E-state index is -4.53. The first-order valence-corrected chi connectivity index (χ1v) is 7.71. The lowest BCUT2D eigenvalue weighted by atomic mass is 10.1. The third kappa shape index (κ3) is 5.24. The SMILES string of the molecule is CC(NS(=O)C(C)(C)C)c1ccc(OC(F)(F)C(F)F)cc1. The quantitative estimate of drug-likeness (QED) is 0.793. The van der Waals surface area contributed by atoms with Gasteiger partial charge in [0.2, 0.25) is 0 Å². The first kappa shape index (κ1) is 18.9. The van der Waals surface area contributed by atoms with Gasteiger partial charge in [-0.3, -0.25) is 0 Å². The van der Waals surface area contributed by atoms with Crippen molar-refractivity contribution in [3.05, 3.63) is 29.8 Å². The minimum absolute atomic E-state index is 0.301. The van der Waals surface area contributed by atoms with Crippen molar-refractivity contribution in [2.45, 2.75) is 51.0 Å². The van der Waals surface area contributed by atoms with Crippen LogP contribution in [0.15, 0.2) is 24.3 Å². The van der Waals surface area contributed by atoms with Crippen molar-refractivity contribution in [3.63, 3.8) is 0 Å². The molecule has 2 unspecified atom stereocenters. The number of benzene rings is 1. The zero-order valence-corrected chi connectivity index (χ0v) is 13.5. The summed E-state index contributed by atoms with van der Waals surface area (Å²) in [5.41, 5.74) is 0.672. The third-order valence-electron chi connectivity index (χ3n) is 2.73. The topological polar surface area (TPSA) is 38.3 Å². The maximum absolute atomic E-state index is 12.8. The zero-order chi connectivity index (χ0) is 17.1. The van der Waals surface area contributed by atoms with Crippen molar-refractivity contribution in [2.24, 2.45) is 0 Å². The lowest BCUT2D eigenvalue weighted by molar-refractivity contribution is -0.253. The van der Waals surface area contributed by atoms with Crippen LogP contribution in [0.5, 0.6) is 5.75 Å². The molecule has 3 nitrogen and oxygen atoms in total. The van der Waals surface area contributed by atoms with Gasteiger partial charge in [-0.25, -0.2) is 8.93 Å². The third-order valence-corrected chi connectivity index (χ3v) is 4.41. The molecule has 0 heterocycles. The van der Waals surface area contributed by atoms with E-state index in [-0.39, 0.29) is 11.8 Å². The van der Waals surface area contributed by atoms with Gasteiger partial charge in [0.1, 0.15) is 5.75 Å². The summed E-state index contributed by atoms with van der Waals surface area (Å²) < 4.78 is 68.0. The van der Waals surface area contributed by atoms with Crippen molar-refractivity contribution >= 4 is 11.0 Å². The molecule has 1 rings (SSSR count). The van der Waals surface area contributed by atoms with Gasteiger partial charge in [0.25, 0.3) is 0 Å². The van der Waals surface area contributed by atoms with Gasteiger partial charge in [0, 0.05) is 6.04 Å². The first-order chi connectivity index (χ1) is 9.93. The summed E-state index contributed by atoms with van der Waals surface area (Å²) in [6.07, 6.45) is -8.43. The van der Waals surface area contributed by atoms with E-state index in [1.807, 2.05) is 20.8 Å². The number of hydrogen-bond acceptors (Lipinski definition) is 2. The highest BCUT2D eigenvalue weighted by molar-refractivity contribution is 7.84. The smallest absolute Gasteiger partial charge is 0.428 e. The molecular weight excluding hydrogens is 322 g/mol. The predicted molar refractivity (Wildman–Crippen MR) is 77.5 cm³/mol. The van der Waals surface area contributed by atoms with Gasteiger partial charge < -0.3 is 4.74 Å². The molecule has 0 amide bonds. The van der Waals surface area contributed by atoms with E-state index in [2.05, 4.69) is 9.46 Å². The van der Waals surface area contributed by atoms with Crippen molar-refractivity contribution in [2.75, 3.05) is 0 Å². The van der Waals surface area contributed by atoms with Gasteiger partial charge in [-0.15, -0.1) is 0 Å². The van der Waals surface area contributed by atoms with Crippen LogP contribution in [0, 0.1) is 0 Å². The predicted octanol–water partition coefficient (Wildman–Crippen LogP) is 4.04. The van der Waals surface area contributed by atoms with Gasteiger partial charge >= 0.3 is 12.5 Å². The van der Waals surface area contributed by atoms with Crippen molar-refractivity contribution < 1.29 is 26.5 Å². The molecule has 0 aliphatic carbocycles. The molecule has 22 heavy (non-hydrogen) atoms. The highest BCUT2D eigenvalue weighted by atomic mass is 32.2. The monoisotopic (exact) mass is 341 g/mol. The van der Waals surface area contributed by atoms with Crippen molar-refractivity contribution in [3.8, 4) is 5.75 Å². The second-order valence-corrected chi connectivity index (χ2v) is 7.75. The Bertz CT molecular complexity index is 515. The number of halogens is 4. The highest BCUT2D eigenvalue weighted by Gasteiger charge is 2.43. The van der Waals surface area contributed by atoms with Gasteiger partial charge in [-0.1, -0.05) is 12.1 Å². The molecule has 0 aliphatic heterocycles. The van der Waals surface area contributed by atoms with E-state index in [9.17, 15) is 21.8 Å². The van der Waals surface area contributed by atoms with Gasteiger partial charge in [0.15, 0.2) is 0 Å². The summed E-state index contributed by atoms with van der Waals surface area (Å²) in [6.45, 7) is 7.19. The van der Waals surface area contributed by atoms with E-state index in [1.54, 1.807) is 6.92 Å². The van der Waals surface area contributed by atoms with Crippen molar-refractivity contribution in [1.82, 2.24) is 4.72 Å². The Labute approximate surface area is 129 Å². The van der Waals surface area contributed by atoms with Crippen LogP contribution >= 0.6 is 0 Å². The van der Waals surface area contributed by atoms with Crippen LogP contribution in [-0.4, -0.2) is 21.5 Å². The molecule has 1 N–H and O–H groups in total. The Balaban J connectivity index is 2.75. The Kier molecular flexibility index (Phi) is 5.97. The van der Waals surface area contributed by atoms with Crippen LogP contribution < -0.4 is 9.46 Å². The molecule has 0 fully saturated rings. The Morgan fingerprint density at radius 2 is 1.64 bits per heavy atom. The number of nitrogens with one attached hydrogen (secondary N) is 1. The summed E-state index contributed by atoms with van der Waals surface area (Å²) in [4.78, 5) is 0. The Morgan fingerprint density at radius 3 is 2.05 bits per heavy atom. The van der Waals surface area contributed by atoms with E-state index in [0.29, 0.717) is 5.56 Å². The maximum atomic E-state index is 12.8. The number of rotatable bonds is 6. The molecule has 0 bridgehead atoms. The number of ether oxygens (including phenoxy) is 1. The molecule has 1 aromatic carbocycles. The molecular formula is C14H19F4NO2S. The van der Waals surface area contributed by atoms with E-state index >= 15 is 0 Å². The molecule has 126 valence electrons. The fourth-order valence-corrected chi connectivity index (χ4v) is 2.24. The summed E-state index contributed by atoms with van der Waals surface area (Å²) in [7, 11) is -1.30.